The number of rotatable bonds is 4. The number of furan rings is 1. The van der Waals surface area contributed by atoms with E-state index in [-0.39, 0.29) is 5.56 Å². The molecule has 136 valence electrons. The van der Waals surface area contributed by atoms with Crippen LogP contribution in [0.2, 0.25) is 0 Å². The summed E-state index contributed by atoms with van der Waals surface area (Å²) in [5.41, 5.74) is 3.81. The summed E-state index contributed by atoms with van der Waals surface area (Å²) in [5.74, 6) is 0.613. The van der Waals surface area contributed by atoms with Crippen LogP contribution < -0.4 is 0 Å². The van der Waals surface area contributed by atoms with Gasteiger partial charge < -0.3 is 14.5 Å². The molecule has 4 aromatic rings. The van der Waals surface area contributed by atoms with Crippen molar-refractivity contribution in [3.63, 3.8) is 0 Å². The summed E-state index contributed by atoms with van der Waals surface area (Å²) >= 11 is 0. The minimum Gasteiger partial charge on any atom is -0.478 e. The van der Waals surface area contributed by atoms with Gasteiger partial charge in [-0.05, 0) is 48.9 Å². The monoisotopic (exact) mass is 369 g/mol. The van der Waals surface area contributed by atoms with E-state index in [0.717, 1.165) is 22.2 Å². The molecule has 2 aromatic heterocycles. The number of carboxylic acid groups (broad SMARTS) is 1. The molecule has 0 saturated carbocycles. The van der Waals surface area contributed by atoms with Crippen molar-refractivity contribution >= 4 is 28.7 Å². The third kappa shape index (κ3) is 3.17. The van der Waals surface area contributed by atoms with Crippen LogP contribution >= 0.6 is 0 Å². The number of fused-ring (bicyclic) bond motifs is 1. The predicted octanol–water partition coefficient (Wildman–Crippen LogP) is 4.89. The van der Waals surface area contributed by atoms with Crippen molar-refractivity contribution in [1.29, 1.82) is 5.26 Å². The molecule has 0 radical (unpaired) electrons. The van der Waals surface area contributed by atoms with Gasteiger partial charge in [-0.2, -0.15) is 5.26 Å². The zero-order valence-electron chi connectivity index (χ0n) is 14.9. The summed E-state index contributed by atoms with van der Waals surface area (Å²) in [7, 11) is 0. The first-order valence-corrected chi connectivity index (χ1v) is 8.56. The number of hydrogen-bond donors (Lipinski definition) is 2. The summed E-state index contributed by atoms with van der Waals surface area (Å²) in [5, 5.41) is 18.6. The first-order valence-electron chi connectivity index (χ1n) is 8.56. The van der Waals surface area contributed by atoms with Gasteiger partial charge in [-0.3, -0.25) is 0 Å². The van der Waals surface area contributed by atoms with Gasteiger partial charge in [0.05, 0.1) is 22.2 Å². The molecule has 6 nitrogen and oxygen atoms in total. The largest absolute Gasteiger partial charge is 0.478 e. The Hall–Kier alpha value is -4.11. The Kier molecular flexibility index (Phi) is 4.26. The smallest absolute Gasteiger partial charge is 0.335 e. The lowest BCUT2D eigenvalue weighted by molar-refractivity contribution is 0.0697. The van der Waals surface area contributed by atoms with Crippen LogP contribution in [0.4, 0.5) is 0 Å². The van der Waals surface area contributed by atoms with Gasteiger partial charge in [0.2, 0.25) is 0 Å². The number of benzene rings is 2. The molecule has 28 heavy (non-hydrogen) atoms. The van der Waals surface area contributed by atoms with Crippen molar-refractivity contribution in [3.8, 4) is 17.4 Å². The van der Waals surface area contributed by atoms with Crippen molar-refractivity contribution in [2.24, 2.45) is 0 Å². The second-order valence-corrected chi connectivity index (χ2v) is 6.31. The molecule has 2 heterocycles. The zero-order valence-corrected chi connectivity index (χ0v) is 14.9. The predicted molar refractivity (Wildman–Crippen MR) is 105 cm³/mol. The summed E-state index contributed by atoms with van der Waals surface area (Å²) in [6.07, 6.45) is 1.63. The molecule has 0 fully saturated rings. The lowest BCUT2D eigenvalue weighted by Gasteiger charge is -2.04. The second-order valence-electron chi connectivity index (χ2n) is 6.31. The molecular weight excluding hydrogens is 354 g/mol. The van der Waals surface area contributed by atoms with Gasteiger partial charge in [0.15, 0.2) is 0 Å². The van der Waals surface area contributed by atoms with Crippen LogP contribution in [0.1, 0.15) is 27.5 Å². The molecule has 2 N–H and O–H groups in total. The van der Waals surface area contributed by atoms with Crippen LogP contribution in [-0.4, -0.2) is 21.0 Å². The standard InChI is InChI=1S/C22H15N3O3/c1-13-10-14(22(26)27)6-8-17(13)20-9-7-16(28-20)11-15(12-23)21-24-18-4-2-3-5-19(18)25-21/h2-11H,1H3,(H,24,25)(H,26,27)/b15-11+. The number of aryl methyl sites for hydroxylation is 1. The number of hydrogen-bond acceptors (Lipinski definition) is 4. The Morgan fingerprint density at radius 3 is 2.75 bits per heavy atom. The third-order valence-corrected chi connectivity index (χ3v) is 4.42. The SMILES string of the molecule is Cc1cc(C(=O)O)ccc1-c1ccc(/C=C(\C#N)c2nc3ccccc3[nH]2)o1. The number of aromatic nitrogens is 2. The average molecular weight is 369 g/mol. The van der Waals surface area contributed by atoms with E-state index in [1.807, 2.05) is 31.2 Å². The second kappa shape index (κ2) is 6.89. The van der Waals surface area contributed by atoms with E-state index < -0.39 is 5.97 Å². The number of carbonyl (C=O) groups is 1. The first-order chi connectivity index (χ1) is 13.5. The maximum absolute atomic E-state index is 11.1. The fourth-order valence-electron chi connectivity index (χ4n) is 3.02. The van der Waals surface area contributed by atoms with E-state index in [1.165, 1.54) is 6.07 Å². The van der Waals surface area contributed by atoms with Gasteiger partial charge in [0, 0.05) is 11.6 Å². The van der Waals surface area contributed by atoms with E-state index in [0.29, 0.717) is 22.9 Å². The number of aromatic amines is 1. The van der Waals surface area contributed by atoms with Crippen molar-refractivity contribution in [3.05, 3.63) is 77.3 Å². The molecule has 0 aliphatic rings. The minimum absolute atomic E-state index is 0.226. The Bertz CT molecular complexity index is 1240. The number of imidazole rings is 1. The highest BCUT2D eigenvalue weighted by Gasteiger charge is 2.12. The summed E-state index contributed by atoms with van der Waals surface area (Å²) in [4.78, 5) is 18.7. The van der Waals surface area contributed by atoms with Gasteiger partial charge in [-0.25, -0.2) is 9.78 Å². The fraction of sp³-hybridized carbons (Fsp3) is 0.0455. The normalized spacial score (nSPS) is 11.5. The Morgan fingerprint density at radius 2 is 2.04 bits per heavy atom. The summed E-state index contributed by atoms with van der Waals surface area (Å²) in [6.45, 7) is 1.83. The Labute approximate surface area is 160 Å². The quantitative estimate of drug-likeness (QED) is 0.498. The van der Waals surface area contributed by atoms with E-state index in [2.05, 4.69) is 16.0 Å². The molecule has 0 saturated heterocycles. The molecule has 6 heteroatoms. The van der Waals surface area contributed by atoms with Gasteiger partial charge in [-0.1, -0.05) is 18.2 Å². The first kappa shape index (κ1) is 17.3. The number of nitrogens with zero attached hydrogens (tertiary/aromatic N) is 2. The molecule has 0 spiro atoms. The number of aromatic carboxylic acids is 1. The number of nitriles is 1. The highest BCUT2D eigenvalue weighted by molar-refractivity contribution is 5.90. The van der Waals surface area contributed by atoms with Crippen LogP contribution in [-0.2, 0) is 0 Å². The lowest BCUT2D eigenvalue weighted by atomic mass is 10.0. The van der Waals surface area contributed by atoms with Gasteiger partial charge >= 0.3 is 5.97 Å². The molecule has 0 bridgehead atoms. The van der Waals surface area contributed by atoms with Crippen LogP contribution in [0.25, 0.3) is 34.0 Å². The Balaban J connectivity index is 1.68. The number of H-pyrrole nitrogens is 1. The summed E-state index contributed by atoms with van der Waals surface area (Å²) < 4.78 is 5.86. The van der Waals surface area contributed by atoms with Crippen molar-refractivity contribution < 1.29 is 14.3 Å². The van der Waals surface area contributed by atoms with E-state index >= 15 is 0 Å². The average Bonchev–Trinajstić information content (AvgIpc) is 3.32. The van der Waals surface area contributed by atoms with E-state index in [4.69, 9.17) is 9.52 Å². The molecule has 4 rings (SSSR count). The molecule has 0 amide bonds. The number of allylic oxidation sites excluding steroid dienone is 1. The van der Waals surface area contributed by atoms with Gasteiger partial charge in [0.1, 0.15) is 23.4 Å². The lowest BCUT2D eigenvalue weighted by Crippen LogP contribution is -1.96. The molecule has 0 atom stereocenters. The van der Waals surface area contributed by atoms with E-state index in [1.54, 1.807) is 30.3 Å². The van der Waals surface area contributed by atoms with Gasteiger partial charge in [-0.15, -0.1) is 0 Å². The van der Waals surface area contributed by atoms with Crippen LogP contribution in [0.3, 0.4) is 0 Å². The molecule has 0 aliphatic heterocycles. The maximum Gasteiger partial charge on any atom is 0.335 e. The van der Waals surface area contributed by atoms with Crippen LogP contribution in [0.15, 0.2) is 59.0 Å². The molecule has 2 aromatic carbocycles. The number of para-hydroxylation sites is 2. The number of carboxylic acids is 1. The molecule has 0 aliphatic carbocycles. The van der Waals surface area contributed by atoms with Crippen molar-refractivity contribution in [1.82, 2.24) is 9.97 Å². The highest BCUT2D eigenvalue weighted by Crippen LogP contribution is 2.28. The Morgan fingerprint density at radius 1 is 1.21 bits per heavy atom. The topological polar surface area (TPSA) is 103 Å². The van der Waals surface area contributed by atoms with Crippen molar-refractivity contribution in [2.45, 2.75) is 6.92 Å². The zero-order chi connectivity index (χ0) is 19.7. The van der Waals surface area contributed by atoms with Gasteiger partial charge in [0.25, 0.3) is 0 Å². The van der Waals surface area contributed by atoms with E-state index in [9.17, 15) is 10.1 Å². The minimum atomic E-state index is -0.970. The third-order valence-electron chi connectivity index (χ3n) is 4.42. The fourth-order valence-corrected chi connectivity index (χ4v) is 3.02. The molecular formula is C22H15N3O3. The number of nitrogens with one attached hydrogen (secondary N) is 1. The van der Waals surface area contributed by atoms with Crippen molar-refractivity contribution in [2.75, 3.05) is 0 Å². The van der Waals surface area contributed by atoms with Crippen LogP contribution in [0.5, 0.6) is 0 Å². The maximum atomic E-state index is 11.1. The highest BCUT2D eigenvalue weighted by atomic mass is 16.4. The molecule has 0 unspecified atom stereocenters. The van der Waals surface area contributed by atoms with Crippen LogP contribution in [0, 0.1) is 18.3 Å². The summed E-state index contributed by atoms with van der Waals surface area (Å²) in [6, 6.07) is 18.1.